The van der Waals surface area contributed by atoms with Gasteiger partial charge in [0, 0.05) is 19.2 Å². The molecule has 1 heterocycles. The van der Waals surface area contributed by atoms with E-state index >= 15 is 0 Å². The summed E-state index contributed by atoms with van der Waals surface area (Å²) in [6.45, 7) is 2.12. The molecule has 0 spiro atoms. The minimum absolute atomic E-state index is 0.154. The molecular weight excluding hydrogens is 297 g/mol. The third kappa shape index (κ3) is 3.81. The van der Waals surface area contributed by atoms with E-state index in [0.717, 1.165) is 12.1 Å². The van der Waals surface area contributed by atoms with Crippen LogP contribution in [0, 0.1) is 5.82 Å². The van der Waals surface area contributed by atoms with Crippen molar-refractivity contribution in [1.82, 2.24) is 5.32 Å². The van der Waals surface area contributed by atoms with Crippen LogP contribution in [0.25, 0.3) is 0 Å². The van der Waals surface area contributed by atoms with E-state index in [4.69, 9.17) is 14.2 Å². The first-order valence-corrected chi connectivity index (χ1v) is 7.65. The summed E-state index contributed by atoms with van der Waals surface area (Å²) < 4.78 is 30.8. The molecule has 2 atom stereocenters. The molecule has 0 radical (unpaired) electrons. The molecule has 1 N–H and O–H groups in total. The highest BCUT2D eigenvalue weighted by atomic mass is 19.1. The van der Waals surface area contributed by atoms with Crippen molar-refractivity contribution in [2.75, 3.05) is 26.8 Å². The van der Waals surface area contributed by atoms with Gasteiger partial charge in [0.15, 0.2) is 17.6 Å². The highest BCUT2D eigenvalue weighted by Crippen LogP contribution is 2.34. The Labute approximate surface area is 135 Å². The van der Waals surface area contributed by atoms with Crippen LogP contribution < -0.4 is 14.8 Å². The maximum Gasteiger partial charge on any atom is 0.165 e. The van der Waals surface area contributed by atoms with Crippen LogP contribution in [-0.2, 0) is 4.74 Å². The Morgan fingerprint density at radius 3 is 2.70 bits per heavy atom. The Hall–Kier alpha value is -2.11. The molecule has 0 aliphatic carbocycles. The van der Waals surface area contributed by atoms with Gasteiger partial charge in [0.25, 0.3) is 0 Å². The molecule has 2 aromatic rings. The summed E-state index contributed by atoms with van der Waals surface area (Å²) >= 11 is 0. The van der Waals surface area contributed by atoms with E-state index in [1.165, 1.54) is 19.2 Å². The molecule has 1 fully saturated rings. The monoisotopic (exact) mass is 317 g/mol. The number of hydrogen-bond donors (Lipinski definition) is 1. The van der Waals surface area contributed by atoms with Gasteiger partial charge in [-0.05, 0) is 17.7 Å². The molecule has 3 rings (SSSR count). The first kappa shape index (κ1) is 15.8. The number of rotatable bonds is 5. The summed E-state index contributed by atoms with van der Waals surface area (Å²) in [6.07, 6.45) is -0.501. The first-order chi connectivity index (χ1) is 11.3. The summed E-state index contributed by atoms with van der Waals surface area (Å²) in [4.78, 5) is 0. The van der Waals surface area contributed by atoms with E-state index in [-0.39, 0.29) is 18.0 Å². The van der Waals surface area contributed by atoms with Crippen LogP contribution in [0.3, 0.4) is 0 Å². The Balaban J connectivity index is 1.91. The quantitative estimate of drug-likeness (QED) is 0.920. The lowest BCUT2D eigenvalue weighted by Gasteiger charge is -2.32. The normalized spacial score (nSPS) is 19.1. The lowest BCUT2D eigenvalue weighted by molar-refractivity contribution is -0.0439. The number of halogens is 1. The summed E-state index contributed by atoms with van der Waals surface area (Å²) in [5, 5.41) is 3.30. The predicted octanol–water partition coefficient (Wildman–Crippen LogP) is 2.94. The highest BCUT2D eigenvalue weighted by molar-refractivity contribution is 5.40. The van der Waals surface area contributed by atoms with Crippen molar-refractivity contribution in [3.8, 4) is 11.5 Å². The second-order valence-corrected chi connectivity index (χ2v) is 5.36. The predicted molar refractivity (Wildman–Crippen MR) is 85.4 cm³/mol. The smallest absolute Gasteiger partial charge is 0.165 e. The Morgan fingerprint density at radius 1 is 1.17 bits per heavy atom. The molecule has 0 saturated carbocycles. The molecule has 0 aromatic heterocycles. The Morgan fingerprint density at radius 2 is 2.00 bits per heavy atom. The topological polar surface area (TPSA) is 39.7 Å². The van der Waals surface area contributed by atoms with E-state index in [9.17, 15) is 4.39 Å². The van der Waals surface area contributed by atoms with E-state index in [1.54, 1.807) is 6.07 Å². The maximum absolute atomic E-state index is 13.6. The number of ether oxygens (including phenoxy) is 3. The molecule has 1 aliphatic rings. The van der Waals surface area contributed by atoms with Crippen molar-refractivity contribution in [1.29, 1.82) is 0 Å². The molecule has 122 valence electrons. The molecule has 0 amide bonds. The van der Waals surface area contributed by atoms with Crippen molar-refractivity contribution >= 4 is 0 Å². The number of morpholine rings is 1. The van der Waals surface area contributed by atoms with Crippen LogP contribution in [0.5, 0.6) is 11.5 Å². The second-order valence-electron chi connectivity index (χ2n) is 5.36. The zero-order valence-corrected chi connectivity index (χ0v) is 13.0. The Kier molecular flexibility index (Phi) is 5.10. The molecule has 4 nitrogen and oxygen atoms in total. The maximum atomic E-state index is 13.6. The van der Waals surface area contributed by atoms with Gasteiger partial charge >= 0.3 is 0 Å². The third-order valence-corrected chi connectivity index (χ3v) is 3.80. The minimum atomic E-state index is -0.365. The summed E-state index contributed by atoms with van der Waals surface area (Å²) in [5.41, 5.74) is 0.979. The number of hydrogen-bond acceptors (Lipinski definition) is 4. The Bertz CT molecular complexity index is 629. The average Bonchev–Trinajstić information content (AvgIpc) is 2.61. The lowest BCUT2D eigenvalue weighted by Crippen LogP contribution is -2.43. The fourth-order valence-electron chi connectivity index (χ4n) is 2.66. The second kappa shape index (κ2) is 7.44. The summed E-state index contributed by atoms with van der Waals surface area (Å²) in [6, 6.07) is 14.1. The van der Waals surface area contributed by atoms with Crippen LogP contribution in [0.4, 0.5) is 4.39 Å². The number of benzene rings is 2. The van der Waals surface area contributed by atoms with Gasteiger partial charge in [-0.15, -0.1) is 0 Å². The van der Waals surface area contributed by atoms with Crippen molar-refractivity contribution < 1.29 is 18.6 Å². The van der Waals surface area contributed by atoms with E-state index in [2.05, 4.69) is 5.32 Å². The molecule has 1 unspecified atom stereocenters. The van der Waals surface area contributed by atoms with E-state index < -0.39 is 0 Å². The van der Waals surface area contributed by atoms with E-state index in [0.29, 0.717) is 24.7 Å². The molecule has 1 aliphatic heterocycles. The standard InChI is InChI=1S/C18H20FNO3/c1-21-15-8-7-14(19)11-16(15)23-18(13-5-3-2-4-6-13)17-12-20-9-10-22-17/h2-8,11,17-18,20H,9-10,12H2,1H3/t17-,18?/m0/s1. The molecular formula is C18H20FNO3. The summed E-state index contributed by atoms with van der Waals surface area (Å²) in [5.74, 6) is 0.502. The van der Waals surface area contributed by atoms with Gasteiger partial charge in [0.05, 0.1) is 13.7 Å². The highest BCUT2D eigenvalue weighted by Gasteiger charge is 2.28. The van der Waals surface area contributed by atoms with Crippen molar-refractivity contribution in [3.63, 3.8) is 0 Å². The van der Waals surface area contributed by atoms with Gasteiger partial charge in [-0.2, -0.15) is 0 Å². The van der Waals surface area contributed by atoms with Gasteiger partial charge in [0.2, 0.25) is 0 Å². The average molecular weight is 317 g/mol. The van der Waals surface area contributed by atoms with Gasteiger partial charge in [-0.1, -0.05) is 30.3 Å². The van der Waals surface area contributed by atoms with Crippen LogP contribution >= 0.6 is 0 Å². The van der Waals surface area contributed by atoms with Crippen molar-refractivity contribution in [2.24, 2.45) is 0 Å². The van der Waals surface area contributed by atoms with Gasteiger partial charge in [0.1, 0.15) is 11.9 Å². The largest absolute Gasteiger partial charge is 0.493 e. The number of nitrogens with one attached hydrogen (secondary N) is 1. The SMILES string of the molecule is COc1ccc(F)cc1OC(c1ccccc1)[C@@H]1CNCCO1. The number of methoxy groups -OCH3 is 1. The fraction of sp³-hybridized carbons (Fsp3) is 0.333. The van der Waals surface area contributed by atoms with Crippen molar-refractivity contribution in [2.45, 2.75) is 12.2 Å². The third-order valence-electron chi connectivity index (χ3n) is 3.80. The lowest BCUT2D eigenvalue weighted by atomic mass is 10.0. The first-order valence-electron chi connectivity index (χ1n) is 7.65. The fourth-order valence-corrected chi connectivity index (χ4v) is 2.66. The molecule has 1 saturated heterocycles. The molecule has 5 heteroatoms. The van der Waals surface area contributed by atoms with Gasteiger partial charge < -0.3 is 19.5 Å². The summed E-state index contributed by atoms with van der Waals surface area (Å²) in [7, 11) is 1.54. The van der Waals surface area contributed by atoms with Crippen LogP contribution in [0.15, 0.2) is 48.5 Å². The van der Waals surface area contributed by atoms with Gasteiger partial charge in [-0.3, -0.25) is 0 Å². The zero-order chi connectivity index (χ0) is 16.1. The van der Waals surface area contributed by atoms with Crippen LogP contribution in [-0.4, -0.2) is 32.9 Å². The van der Waals surface area contributed by atoms with Crippen molar-refractivity contribution in [3.05, 3.63) is 59.9 Å². The minimum Gasteiger partial charge on any atom is -0.493 e. The van der Waals surface area contributed by atoms with E-state index in [1.807, 2.05) is 30.3 Å². The van der Waals surface area contributed by atoms with Crippen LogP contribution in [0.1, 0.15) is 11.7 Å². The molecule has 2 aromatic carbocycles. The van der Waals surface area contributed by atoms with Gasteiger partial charge in [-0.25, -0.2) is 4.39 Å². The molecule has 23 heavy (non-hydrogen) atoms. The molecule has 0 bridgehead atoms. The van der Waals surface area contributed by atoms with Crippen LogP contribution in [0.2, 0.25) is 0 Å². The zero-order valence-electron chi connectivity index (χ0n) is 13.0.